The molecule has 0 radical (unpaired) electrons. The van der Waals surface area contributed by atoms with Crippen molar-refractivity contribution in [3.05, 3.63) is 35.4 Å². The molecule has 1 amide bonds. The summed E-state index contributed by atoms with van der Waals surface area (Å²) in [4.78, 5) is 11.9. The van der Waals surface area contributed by atoms with E-state index in [1.807, 2.05) is 0 Å². The van der Waals surface area contributed by atoms with Crippen LogP contribution in [-0.4, -0.2) is 18.0 Å². The molecule has 0 fully saturated rings. The molecule has 126 valence electrons. The third-order valence-electron chi connectivity index (χ3n) is 4.33. The Morgan fingerprint density at radius 2 is 1.73 bits per heavy atom. The molecule has 1 aromatic carbocycles. The van der Waals surface area contributed by atoms with Gasteiger partial charge in [0.2, 0.25) is 5.91 Å². The lowest BCUT2D eigenvalue weighted by atomic mass is 9.94. The first-order valence-electron chi connectivity index (χ1n) is 8.04. The summed E-state index contributed by atoms with van der Waals surface area (Å²) in [6, 6.07) is 8.54. The highest BCUT2D eigenvalue weighted by Crippen LogP contribution is 2.15. The van der Waals surface area contributed by atoms with Gasteiger partial charge in [-0.15, -0.1) is 12.4 Å². The second-order valence-electron chi connectivity index (χ2n) is 6.24. The average molecular weight is 327 g/mol. The van der Waals surface area contributed by atoms with Crippen molar-refractivity contribution < 1.29 is 4.79 Å². The van der Waals surface area contributed by atoms with Crippen LogP contribution in [0.15, 0.2) is 24.3 Å². The van der Waals surface area contributed by atoms with Crippen LogP contribution in [-0.2, 0) is 11.2 Å². The van der Waals surface area contributed by atoms with Gasteiger partial charge in [-0.3, -0.25) is 4.79 Å². The number of amides is 1. The summed E-state index contributed by atoms with van der Waals surface area (Å²) in [5, 5.41) is 2.96. The van der Waals surface area contributed by atoms with Crippen molar-refractivity contribution in [2.75, 3.05) is 6.54 Å². The number of benzene rings is 1. The van der Waals surface area contributed by atoms with E-state index in [4.69, 9.17) is 5.73 Å². The predicted octanol–water partition coefficient (Wildman–Crippen LogP) is 3.80. The van der Waals surface area contributed by atoms with E-state index in [1.165, 1.54) is 11.1 Å². The first kappa shape index (κ1) is 20.9. The Hall–Kier alpha value is -1.06. The molecule has 0 aromatic heterocycles. The molecule has 4 heteroatoms. The first-order valence-corrected chi connectivity index (χ1v) is 8.04. The summed E-state index contributed by atoms with van der Waals surface area (Å²) in [7, 11) is 0. The fourth-order valence-corrected chi connectivity index (χ4v) is 2.19. The third-order valence-corrected chi connectivity index (χ3v) is 4.33. The minimum atomic E-state index is -0.269. The molecular weight excluding hydrogens is 296 g/mol. The van der Waals surface area contributed by atoms with Crippen molar-refractivity contribution in [1.29, 1.82) is 0 Å². The minimum absolute atomic E-state index is 0. The van der Waals surface area contributed by atoms with Crippen molar-refractivity contribution in [2.45, 2.75) is 64.8 Å². The Morgan fingerprint density at radius 1 is 1.18 bits per heavy atom. The normalized spacial score (nSPS) is 11.2. The second-order valence-corrected chi connectivity index (χ2v) is 6.24. The van der Waals surface area contributed by atoms with Gasteiger partial charge >= 0.3 is 0 Å². The van der Waals surface area contributed by atoms with E-state index >= 15 is 0 Å². The van der Waals surface area contributed by atoms with Gasteiger partial charge in [0.1, 0.15) is 0 Å². The maximum Gasteiger partial charge on any atom is 0.220 e. The van der Waals surface area contributed by atoms with E-state index in [-0.39, 0.29) is 23.9 Å². The predicted molar refractivity (Wildman–Crippen MR) is 96.6 cm³/mol. The number of nitrogens with two attached hydrogens (primary N) is 1. The smallest absolute Gasteiger partial charge is 0.220 e. The lowest BCUT2D eigenvalue weighted by molar-refractivity contribution is -0.121. The van der Waals surface area contributed by atoms with Crippen molar-refractivity contribution in [1.82, 2.24) is 5.32 Å². The number of aryl methyl sites for hydroxylation is 1. The summed E-state index contributed by atoms with van der Waals surface area (Å²) >= 11 is 0. The topological polar surface area (TPSA) is 55.1 Å². The fourth-order valence-electron chi connectivity index (χ4n) is 2.19. The zero-order valence-corrected chi connectivity index (χ0v) is 15.1. The van der Waals surface area contributed by atoms with Gasteiger partial charge in [-0.05, 0) is 36.3 Å². The number of hydrogen-bond donors (Lipinski definition) is 2. The van der Waals surface area contributed by atoms with Crippen LogP contribution in [0.3, 0.4) is 0 Å². The molecule has 0 saturated carbocycles. The second kappa shape index (κ2) is 9.86. The number of carbonyl (C=O) groups is 1. The van der Waals surface area contributed by atoms with E-state index in [0.29, 0.717) is 18.9 Å². The fraction of sp³-hybridized carbons (Fsp3) is 0.611. The van der Waals surface area contributed by atoms with Crippen LogP contribution in [0.25, 0.3) is 0 Å². The molecule has 1 rings (SSSR count). The van der Waals surface area contributed by atoms with E-state index < -0.39 is 0 Å². The summed E-state index contributed by atoms with van der Waals surface area (Å²) in [5.41, 5.74) is 8.46. The molecule has 0 spiro atoms. The van der Waals surface area contributed by atoms with E-state index in [9.17, 15) is 4.79 Å². The van der Waals surface area contributed by atoms with Crippen LogP contribution in [0, 0.1) is 0 Å². The van der Waals surface area contributed by atoms with Gasteiger partial charge in [-0.1, -0.05) is 52.0 Å². The zero-order chi connectivity index (χ0) is 15.9. The molecule has 0 aliphatic heterocycles. The SMILES string of the molecule is CCC(N)(CC)CNC(=O)CCc1ccc(C(C)C)cc1.Cl. The van der Waals surface area contributed by atoms with Crippen molar-refractivity contribution >= 4 is 18.3 Å². The zero-order valence-electron chi connectivity index (χ0n) is 14.3. The molecule has 0 saturated heterocycles. The summed E-state index contributed by atoms with van der Waals surface area (Å²) in [6.07, 6.45) is 3.05. The summed E-state index contributed by atoms with van der Waals surface area (Å²) in [5.74, 6) is 0.628. The third kappa shape index (κ3) is 6.80. The molecule has 0 aliphatic rings. The average Bonchev–Trinajstić information content (AvgIpc) is 2.51. The van der Waals surface area contributed by atoms with Crippen LogP contribution < -0.4 is 11.1 Å². The van der Waals surface area contributed by atoms with Gasteiger partial charge in [-0.2, -0.15) is 0 Å². The van der Waals surface area contributed by atoms with E-state index in [2.05, 4.69) is 57.3 Å². The number of halogens is 1. The Labute approximate surface area is 141 Å². The van der Waals surface area contributed by atoms with Gasteiger partial charge in [0.25, 0.3) is 0 Å². The van der Waals surface area contributed by atoms with Crippen LogP contribution in [0.1, 0.15) is 64.0 Å². The molecule has 22 heavy (non-hydrogen) atoms. The van der Waals surface area contributed by atoms with Crippen LogP contribution in [0.2, 0.25) is 0 Å². The molecule has 0 aliphatic carbocycles. The molecular formula is C18H31ClN2O. The number of carbonyl (C=O) groups excluding carboxylic acids is 1. The van der Waals surface area contributed by atoms with Gasteiger partial charge in [0.15, 0.2) is 0 Å². The lowest BCUT2D eigenvalue weighted by Gasteiger charge is -2.26. The summed E-state index contributed by atoms with van der Waals surface area (Å²) in [6.45, 7) is 9.05. The first-order chi connectivity index (χ1) is 9.90. The quantitative estimate of drug-likeness (QED) is 0.763. The minimum Gasteiger partial charge on any atom is -0.354 e. The largest absolute Gasteiger partial charge is 0.354 e. The lowest BCUT2D eigenvalue weighted by Crippen LogP contribution is -2.49. The molecule has 1 aromatic rings. The molecule has 3 nitrogen and oxygen atoms in total. The number of hydrogen-bond acceptors (Lipinski definition) is 2. The maximum atomic E-state index is 11.9. The highest BCUT2D eigenvalue weighted by molar-refractivity contribution is 5.85. The Morgan fingerprint density at radius 3 is 2.18 bits per heavy atom. The monoisotopic (exact) mass is 326 g/mol. The van der Waals surface area contributed by atoms with Crippen molar-refractivity contribution in [2.24, 2.45) is 5.73 Å². The Kier molecular flexibility index (Phi) is 9.38. The molecule has 0 unspecified atom stereocenters. The van der Waals surface area contributed by atoms with Gasteiger partial charge in [0.05, 0.1) is 0 Å². The highest BCUT2D eigenvalue weighted by Gasteiger charge is 2.20. The van der Waals surface area contributed by atoms with Crippen LogP contribution in [0.4, 0.5) is 0 Å². The Bertz CT molecular complexity index is 439. The van der Waals surface area contributed by atoms with Gasteiger partial charge in [0, 0.05) is 18.5 Å². The highest BCUT2D eigenvalue weighted by atomic mass is 35.5. The molecule has 0 bridgehead atoms. The standard InChI is InChI=1S/C18H30N2O.ClH/c1-5-18(19,6-2)13-20-17(21)12-9-15-7-10-16(11-8-15)14(3)4;/h7-8,10-11,14H,5-6,9,12-13,19H2,1-4H3,(H,20,21);1H. The summed E-state index contributed by atoms with van der Waals surface area (Å²) < 4.78 is 0. The van der Waals surface area contributed by atoms with Crippen molar-refractivity contribution in [3.8, 4) is 0 Å². The van der Waals surface area contributed by atoms with Gasteiger partial charge < -0.3 is 11.1 Å². The molecule has 3 N–H and O–H groups in total. The van der Waals surface area contributed by atoms with Crippen LogP contribution in [0.5, 0.6) is 0 Å². The Balaban J connectivity index is 0.00000441. The maximum absolute atomic E-state index is 11.9. The van der Waals surface area contributed by atoms with Gasteiger partial charge in [-0.25, -0.2) is 0 Å². The van der Waals surface area contributed by atoms with E-state index in [0.717, 1.165) is 19.3 Å². The molecule has 0 atom stereocenters. The molecule has 0 heterocycles. The number of nitrogens with one attached hydrogen (secondary N) is 1. The number of rotatable bonds is 8. The van der Waals surface area contributed by atoms with E-state index in [1.54, 1.807) is 0 Å². The van der Waals surface area contributed by atoms with Crippen molar-refractivity contribution in [3.63, 3.8) is 0 Å². The van der Waals surface area contributed by atoms with Crippen LogP contribution >= 0.6 is 12.4 Å².